The van der Waals surface area contributed by atoms with E-state index < -0.39 is 0 Å². The van der Waals surface area contributed by atoms with Crippen molar-refractivity contribution in [1.82, 2.24) is 14.5 Å². The summed E-state index contributed by atoms with van der Waals surface area (Å²) in [5, 5.41) is 0. The topological polar surface area (TPSA) is 47.1 Å². The molecule has 1 aromatic heterocycles. The van der Waals surface area contributed by atoms with Gasteiger partial charge in [0.2, 0.25) is 0 Å². The Morgan fingerprint density at radius 3 is 2.88 bits per heavy atom. The van der Waals surface area contributed by atoms with Crippen molar-refractivity contribution in [1.29, 1.82) is 0 Å². The monoisotopic (exact) mass is 258 g/mol. The summed E-state index contributed by atoms with van der Waals surface area (Å²) in [6.07, 6.45) is 7.68. The lowest BCUT2D eigenvalue weighted by atomic mass is 9.97. The van der Waals surface area contributed by atoms with Crippen LogP contribution in [0.1, 0.15) is 32.0 Å². The summed E-state index contributed by atoms with van der Waals surface area (Å²) in [5.74, 6) is 1.13. The lowest BCUT2D eigenvalue weighted by Crippen LogP contribution is -2.48. The molecule has 1 aliphatic rings. The van der Waals surface area contributed by atoms with E-state index >= 15 is 0 Å². The maximum atomic E-state index is 6.06. The van der Waals surface area contributed by atoms with Crippen molar-refractivity contribution in [2.45, 2.75) is 44.8 Å². The summed E-state index contributed by atoms with van der Waals surface area (Å²) in [6.45, 7) is 4.19. The summed E-state index contributed by atoms with van der Waals surface area (Å²) < 4.78 is 2.09. The highest BCUT2D eigenvalue weighted by Gasteiger charge is 2.25. The number of aromatic nitrogens is 2. The molecule has 98 valence electrons. The van der Waals surface area contributed by atoms with Crippen LogP contribution in [-0.2, 0) is 13.6 Å². The van der Waals surface area contributed by atoms with E-state index in [9.17, 15) is 0 Å². The lowest BCUT2D eigenvalue weighted by Gasteiger charge is -2.37. The Kier molecular flexibility index (Phi) is 5.43. The maximum Gasteiger partial charge on any atom is 0.122 e. The summed E-state index contributed by atoms with van der Waals surface area (Å²) >= 11 is 0. The molecule has 1 saturated heterocycles. The molecule has 0 saturated carbocycles. The largest absolute Gasteiger partial charge is 0.337 e. The number of nitrogens with zero attached hydrogens (tertiary/aromatic N) is 3. The number of halogens is 1. The fourth-order valence-corrected chi connectivity index (χ4v) is 2.54. The van der Waals surface area contributed by atoms with Crippen LogP contribution in [0, 0.1) is 0 Å². The van der Waals surface area contributed by atoms with Crippen molar-refractivity contribution in [3.63, 3.8) is 0 Å². The Morgan fingerprint density at radius 2 is 2.29 bits per heavy atom. The molecule has 1 aliphatic heterocycles. The van der Waals surface area contributed by atoms with Gasteiger partial charge in [-0.2, -0.15) is 0 Å². The Morgan fingerprint density at radius 1 is 1.53 bits per heavy atom. The van der Waals surface area contributed by atoms with Crippen molar-refractivity contribution in [3.8, 4) is 0 Å². The van der Waals surface area contributed by atoms with Crippen molar-refractivity contribution in [3.05, 3.63) is 18.2 Å². The van der Waals surface area contributed by atoms with E-state index in [2.05, 4.69) is 21.4 Å². The minimum Gasteiger partial charge on any atom is -0.337 e. The van der Waals surface area contributed by atoms with Crippen LogP contribution >= 0.6 is 12.4 Å². The lowest BCUT2D eigenvalue weighted by molar-refractivity contribution is 0.119. The molecular formula is C12H23ClN4. The first-order valence-corrected chi connectivity index (χ1v) is 6.14. The van der Waals surface area contributed by atoms with Crippen molar-refractivity contribution in [2.24, 2.45) is 12.8 Å². The average Bonchev–Trinajstić information content (AvgIpc) is 2.65. The Hall–Kier alpha value is -0.580. The van der Waals surface area contributed by atoms with Gasteiger partial charge in [0.25, 0.3) is 0 Å². The predicted octanol–water partition coefficient (Wildman–Crippen LogP) is 1.54. The third-order valence-corrected chi connectivity index (χ3v) is 3.54. The number of imidazole rings is 1. The first-order chi connectivity index (χ1) is 7.68. The standard InChI is InChI=1S/C12H22N4.ClH/c1-10(13)11-5-3-4-7-16(11)9-12-14-6-8-15(12)2;/h6,8,10-11H,3-5,7,9,13H2,1-2H3;1H. The van der Waals surface area contributed by atoms with Gasteiger partial charge < -0.3 is 10.3 Å². The van der Waals surface area contributed by atoms with Gasteiger partial charge in [-0.15, -0.1) is 12.4 Å². The zero-order valence-corrected chi connectivity index (χ0v) is 11.5. The smallest absolute Gasteiger partial charge is 0.122 e. The second kappa shape index (κ2) is 6.38. The van der Waals surface area contributed by atoms with E-state index in [1.807, 2.05) is 19.4 Å². The third-order valence-electron chi connectivity index (χ3n) is 3.54. The minimum absolute atomic E-state index is 0. The second-order valence-corrected chi connectivity index (χ2v) is 4.85. The zero-order valence-electron chi connectivity index (χ0n) is 10.7. The Labute approximate surface area is 110 Å². The van der Waals surface area contributed by atoms with E-state index in [0.29, 0.717) is 6.04 Å². The van der Waals surface area contributed by atoms with Crippen LogP contribution in [0.3, 0.4) is 0 Å². The molecule has 2 rings (SSSR count). The molecule has 0 aliphatic carbocycles. The van der Waals surface area contributed by atoms with Gasteiger partial charge in [-0.3, -0.25) is 4.90 Å². The van der Waals surface area contributed by atoms with Gasteiger partial charge in [0.15, 0.2) is 0 Å². The van der Waals surface area contributed by atoms with E-state index in [-0.39, 0.29) is 18.4 Å². The molecule has 4 nitrogen and oxygen atoms in total. The summed E-state index contributed by atoms with van der Waals surface area (Å²) in [4.78, 5) is 6.87. The molecule has 0 amide bonds. The fraction of sp³-hybridized carbons (Fsp3) is 0.750. The van der Waals surface area contributed by atoms with Gasteiger partial charge in [0, 0.05) is 31.5 Å². The number of hydrogen-bond acceptors (Lipinski definition) is 3. The molecule has 2 N–H and O–H groups in total. The molecule has 0 aromatic carbocycles. The van der Waals surface area contributed by atoms with Crippen LogP contribution in [0.15, 0.2) is 12.4 Å². The Balaban J connectivity index is 0.00000144. The zero-order chi connectivity index (χ0) is 11.5. The molecule has 2 atom stereocenters. The molecule has 5 heteroatoms. The number of hydrogen-bond donors (Lipinski definition) is 1. The summed E-state index contributed by atoms with van der Waals surface area (Å²) in [5.41, 5.74) is 6.06. The van der Waals surface area contributed by atoms with Crippen molar-refractivity contribution < 1.29 is 0 Å². The van der Waals surface area contributed by atoms with Crippen LogP contribution in [0.5, 0.6) is 0 Å². The number of nitrogens with two attached hydrogens (primary N) is 1. The van der Waals surface area contributed by atoms with Crippen LogP contribution in [0.4, 0.5) is 0 Å². The van der Waals surface area contributed by atoms with E-state index in [1.54, 1.807) is 0 Å². The van der Waals surface area contributed by atoms with Gasteiger partial charge in [-0.1, -0.05) is 6.42 Å². The first kappa shape index (κ1) is 14.5. The van der Waals surface area contributed by atoms with Crippen molar-refractivity contribution >= 4 is 12.4 Å². The number of piperidine rings is 1. The van der Waals surface area contributed by atoms with E-state index in [4.69, 9.17) is 5.73 Å². The summed E-state index contributed by atoms with van der Waals surface area (Å²) in [7, 11) is 2.05. The van der Waals surface area contributed by atoms with Gasteiger partial charge in [-0.05, 0) is 26.3 Å². The molecular weight excluding hydrogens is 236 g/mol. The third kappa shape index (κ3) is 3.44. The summed E-state index contributed by atoms with van der Waals surface area (Å²) in [6, 6.07) is 0.769. The molecule has 2 heterocycles. The molecule has 0 radical (unpaired) electrons. The highest BCUT2D eigenvalue weighted by molar-refractivity contribution is 5.85. The minimum atomic E-state index is 0. The normalized spacial score (nSPS) is 23.1. The van der Waals surface area contributed by atoms with Crippen LogP contribution in [0.25, 0.3) is 0 Å². The number of likely N-dealkylation sites (tertiary alicyclic amines) is 1. The molecule has 2 unspecified atom stereocenters. The fourth-order valence-electron chi connectivity index (χ4n) is 2.54. The second-order valence-electron chi connectivity index (χ2n) is 4.85. The first-order valence-electron chi connectivity index (χ1n) is 6.14. The van der Waals surface area contributed by atoms with Gasteiger partial charge in [0.1, 0.15) is 5.82 Å². The molecule has 0 bridgehead atoms. The molecule has 0 spiro atoms. The van der Waals surface area contributed by atoms with Gasteiger partial charge in [0.05, 0.1) is 6.54 Å². The Bertz CT molecular complexity index is 337. The van der Waals surface area contributed by atoms with Crippen molar-refractivity contribution in [2.75, 3.05) is 6.54 Å². The highest BCUT2D eigenvalue weighted by Crippen LogP contribution is 2.20. The highest BCUT2D eigenvalue weighted by atomic mass is 35.5. The van der Waals surface area contributed by atoms with Crippen LogP contribution in [0.2, 0.25) is 0 Å². The SMILES string of the molecule is CC(N)C1CCCCN1Cc1nccn1C.Cl. The average molecular weight is 259 g/mol. The van der Waals surface area contributed by atoms with Gasteiger partial charge in [-0.25, -0.2) is 4.98 Å². The predicted molar refractivity (Wildman–Crippen MR) is 72.2 cm³/mol. The molecule has 1 fully saturated rings. The molecule has 1 aromatic rings. The van der Waals surface area contributed by atoms with Gasteiger partial charge >= 0.3 is 0 Å². The quantitative estimate of drug-likeness (QED) is 0.895. The number of aryl methyl sites for hydroxylation is 1. The van der Waals surface area contributed by atoms with E-state index in [0.717, 1.165) is 18.9 Å². The maximum absolute atomic E-state index is 6.06. The van der Waals surface area contributed by atoms with Crippen LogP contribution in [-0.4, -0.2) is 33.1 Å². The molecule has 17 heavy (non-hydrogen) atoms. The number of rotatable bonds is 3. The van der Waals surface area contributed by atoms with E-state index in [1.165, 1.54) is 19.3 Å². The van der Waals surface area contributed by atoms with Crippen LogP contribution < -0.4 is 5.73 Å².